The van der Waals surface area contributed by atoms with Crippen LogP contribution in [-0.4, -0.2) is 16.8 Å². The number of amides is 2. The summed E-state index contributed by atoms with van der Waals surface area (Å²) in [6.07, 6.45) is 0. The molecule has 7 heteroatoms. The summed E-state index contributed by atoms with van der Waals surface area (Å²) in [6, 6.07) is 98.6. The van der Waals surface area contributed by atoms with E-state index in [2.05, 4.69) is 253 Å². The van der Waals surface area contributed by atoms with E-state index in [0.29, 0.717) is 11.4 Å². The molecule has 1 heterocycles. The van der Waals surface area contributed by atoms with Gasteiger partial charge in [-0.25, -0.2) is 4.98 Å². The molecule has 0 aliphatic rings. The molecule has 0 atom stereocenters. The minimum absolute atomic E-state index is 0.113. The first kappa shape index (κ1) is 48.3. The van der Waals surface area contributed by atoms with Crippen LogP contribution in [0.25, 0.3) is 65.3 Å². The van der Waals surface area contributed by atoms with E-state index in [9.17, 15) is 9.59 Å². The molecule has 13 aromatic rings. The Balaban J connectivity index is 0.910. The van der Waals surface area contributed by atoms with Crippen LogP contribution < -0.4 is 42.5 Å². The molecule has 1 aromatic heterocycles. The number of nitrogens with zero attached hydrogens (tertiary/aromatic N) is 1. The van der Waals surface area contributed by atoms with Gasteiger partial charge in [0.15, 0.2) is 0 Å². The number of fused-ring (bicyclic) bond motifs is 4. The summed E-state index contributed by atoms with van der Waals surface area (Å²) in [4.78, 5) is 34.7. The second kappa shape index (κ2) is 21.3. The Morgan fingerprint density at radius 2 is 0.551 bits per heavy atom. The van der Waals surface area contributed by atoms with Crippen molar-refractivity contribution in [3.05, 3.63) is 297 Å². The molecule has 0 bridgehead atoms. The molecule has 370 valence electrons. The highest BCUT2D eigenvalue weighted by molar-refractivity contribution is 7.80. The summed E-state index contributed by atoms with van der Waals surface area (Å²) >= 11 is 0. The first-order valence-electron chi connectivity index (χ1n) is 26.0. The van der Waals surface area contributed by atoms with E-state index in [0.717, 1.165) is 65.3 Å². The van der Waals surface area contributed by atoms with E-state index in [4.69, 9.17) is 4.98 Å². The van der Waals surface area contributed by atoms with E-state index in [1.165, 1.54) is 31.8 Å². The molecule has 78 heavy (non-hydrogen) atoms. The SMILES string of the molecule is O=C(Nc1ccc2ccccc2c1-c1c(P(c2ccccc2)c2ccccc2)ccc2ccccc12)c1cccc(C(=O)Nc2ccc3ccccc3c2-c2c(P(c3ccccc3)c3ccccc3)ccc3ccccc23)n1. The lowest BCUT2D eigenvalue weighted by Crippen LogP contribution is -2.23. The number of carbonyl (C=O) groups is 2. The number of nitrogens with one attached hydrogen (secondary N) is 2. The van der Waals surface area contributed by atoms with Gasteiger partial charge in [-0.1, -0.05) is 261 Å². The van der Waals surface area contributed by atoms with Crippen LogP contribution >= 0.6 is 15.8 Å². The number of carbonyl (C=O) groups excluding carboxylic acids is 2. The lowest BCUT2D eigenvalue weighted by molar-refractivity contribution is 0.101. The molecule has 0 aliphatic carbocycles. The molecule has 0 spiro atoms. The monoisotopic (exact) mass is 1040 g/mol. The third-order valence-electron chi connectivity index (χ3n) is 14.4. The summed E-state index contributed by atoms with van der Waals surface area (Å²) in [5, 5.41) is 22.3. The van der Waals surface area contributed by atoms with Crippen LogP contribution in [0.4, 0.5) is 11.4 Å². The fraction of sp³-hybridized carbons (Fsp3) is 0. The Morgan fingerprint density at radius 1 is 0.269 bits per heavy atom. The van der Waals surface area contributed by atoms with Crippen molar-refractivity contribution in [1.29, 1.82) is 0 Å². The topological polar surface area (TPSA) is 71.1 Å². The largest absolute Gasteiger partial charge is 0.320 e. The Kier molecular flexibility index (Phi) is 13.2. The molecule has 2 amide bonds. The van der Waals surface area contributed by atoms with E-state index >= 15 is 0 Å². The minimum Gasteiger partial charge on any atom is -0.320 e. The predicted octanol–water partition coefficient (Wildman–Crippen LogP) is 15.0. The second-order valence-electron chi connectivity index (χ2n) is 19.1. The number of hydrogen-bond acceptors (Lipinski definition) is 3. The van der Waals surface area contributed by atoms with Gasteiger partial charge in [-0.15, -0.1) is 0 Å². The van der Waals surface area contributed by atoms with Crippen molar-refractivity contribution in [2.45, 2.75) is 0 Å². The fourth-order valence-corrected chi connectivity index (χ4v) is 15.9. The van der Waals surface area contributed by atoms with E-state index in [1.807, 2.05) is 24.3 Å². The highest BCUT2D eigenvalue weighted by Crippen LogP contribution is 2.47. The summed E-state index contributed by atoms with van der Waals surface area (Å²) < 4.78 is 0. The Morgan fingerprint density at radius 3 is 0.885 bits per heavy atom. The molecule has 5 nitrogen and oxygen atoms in total. The average Bonchev–Trinajstić information content (AvgIpc) is 3.51. The van der Waals surface area contributed by atoms with Crippen molar-refractivity contribution in [3.8, 4) is 22.3 Å². The van der Waals surface area contributed by atoms with Gasteiger partial charge in [0.05, 0.1) is 0 Å². The first-order chi connectivity index (χ1) is 38.6. The van der Waals surface area contributed by atoms with E-state index < -0.39 is 27.7 Å². The summed E-state index contributed by atoms with van der Waals surface area (Å²) in [5.41, 5.74) is 5.46. The number of benzene rings is 12. The van der Waals surface area contributed by atoms with Crippen molar-refractivity contribution in [3.63, 3.8) is 0 Å². The maximum atomic E-state index is 14.9. The van der Waals surface area contributed by atoms with Gasteiger partial charge in [-0.2, -0.15) is 0 Å². The zero-order valence-corrected chi connectivity index (χ0v) is 44.1. The molecule has 0 unspecified atom stereocenters. The van der Waals surface area contributed by atoms with Gasteiger partial charge in [-0.05, 0) is 115 Å². The molecule has 2 N–H and O–H groups in total. The van der Waals surface area contributed by atoms with Gasteiger partial charge in [-0.3, -0.25) is 9.59 Å². The predicted molar refractivity (Wildman–Crippen MR) is 331 cm³/mol. The van der Waals surface area contributed by atoms with Crippen LogP contribution in [0.2, 0.25) is 0 Å². The number of pyridine rings is 1. The van der Waals surface area contributed by atoms with Crippen LogP contribution in [0.5, 0.6) is 0 Å². The molecule has 13 rings (SSSR count). The molecule has 0 saturated carbocycles. The van der Waals surface area contributed by atoms with Crippen LogP contribution in [0.15, 0.2) is 285 Å². The second-order valence-corrected chi connectivity index (χ2v) is 23.5. The van der Waals surface area contributed by atoms with Crippen LogP contribution in [0.3, 0.4) is 0 Å². The van der Waals surface area contributed by atoms with E-state index in [-0.39, 0.29) is 11.4 Å². The Labute approximate surface area is 455 Å². The van der Waals surface area contributed by atoms with Gasteiger partial charge in [0, 0.05) is 33.6 Å². The molecular formula is C71H49N3O2P2. The molecular weight excluding hydrogens is 989 g/mol. The van der Waals surface area contributed by atoms with Gasteiger partial charge in [0.2, 0.25) is 0 Å². The van der Waals surface area contributed by atoms with Crippen molar-refractivity contribution in [1.82, 2.24) is 4.98 Å². The van der Waals surface area contributed by atoms with Crippen LogP contribution in [0.1, 0.15) is 21.0 Å². The molecule has 0 fully saturated rings. The Bertz CT molecular complexity index is 4030. The number of aromatic nitrogens is 1. The van der Waals surface area contributed by atoms with Crippen molar-refractivity contribution in [2.75, 3.05) is 10.6 Å². The van der Waals surface area contributed by atoms with Crippen molar-refractivity contribution in [2.24, 2.45) is 0 Å². The normalized spacial score (nSPS) is 11.4. The minimum atomic E-state index is -1.06. The maximum absolute atomic E-state index is 14.9. The molecule has 0 saturated heterocycles. The zero-order valence-electron chi connectivity index (χ0n) is 42.3. The quantitative estimate of drug-likeness (QED) is 0.120. The van der Waals surface area contributed by atoms with Crippen molar-refractivity contribution < 1.29 is 9.59 Å². The Hall–Kier alpha value is -9.37. The average molecular weight is 1040 g/mol. The van der Waals surface area contributed by atoms with Crippen LogP contribution in [0, 0.1) is 0 Å². The van der Waals surface area contributed by atoms with Crippen LogP contribution in [-0.2, 0) is 0 Å². The summed E-state index contributed by atoms with van der Waals surface area (Å²) in [5.74, 6) is -0.864. The number of rotatable bonds is 12. The number of anilines is 2. The summed E-state index contributed by atoms with van der Waals surface area (Å²) in [7, 11) is -2.12. The van der Waals surface area contributed by atoms with Gasteiger partial charge >= 0.3 is 0 Å². The fourth-order valence-electron chi connectivity index (χ4n) is 10.9. The lowest BCUT2D eigenvalue weighted by Gasteiger charge is -2.26. The smallest absolute Gasteiger partial charge is 0.274 e. The zero-order chi connectivity index (χ0) is 52.4. The lowest BCUT2D eigenvalue weighted by atomic mass is 9.92. The standard InChI is InChI=1S/C71H49N3O2P2/c75-70(73-60-44-40-48-22-13-17-34-56(48)66(60)68-58-36-19-15-24-50(58)42-46-64(68)77(52-26-5-1-6-27-52)53-28-7-2-8-29-53)62-38-21-39-63(72-62)71(76)74-61-45-41-49-23-14-18-35-57(49)67(61)69-59-37-20-16-25-51(59)43-47-65(69)78(54-30-9-3-10-31-54)55-32-11-4-12-33-55/h1-47H,(H,73,75)(H,74,76). The van der Waals surface area contributed by atoms with Gasteiger partial charge in [0.25, 0.3) is 11.8 Å². The number of hydrogen-bond donors (Lipinski definition) is 2. The highest BCUT2D eigenvalue weighted by atomic mass is 31.1. The molecule has 0 radical (unpaired) electrons. The molecule has 0 aliphatic heterocycles. The highest BCUT2D eigenvalue weighted by Gasteiger charge is 2.28. The summed E-state index contributed by atoms with van der Waals surface area (Å²) in [6.45, 7) is 0. The van der Waals surface area contributed by atoms with Crippen molar-refractivity contribution >= 4 is 114 Å². The first-order valence-corrected chi connectivity index (χ1v) is 28.7. The van der Waals surface area contributed by atoms with Gasteiger partial charge < -0.3 is 10.6 Å². The molecule has 12 aromatic carbocycles. The maximum Gasteiger partial charge on any atom is 0.274 e. The van der Waals surface area contributed by atoms with E-state index in [1.54, 1.807) is 18.2 Å². The van der Waals surface area contributed by atoms with Gasteiger partial charge in [0.1, 0.15) is 11.4 Å². The third kappa shape index (κ3) is 9.20. The third-order valence-corrected chi connectivity index (χ3v) is 19.4.